The molecule has 430 valence electrons. The first-order chi connectivity index (χ1) is 35.7. The topological polar surface area (TPSA) is 279 Å². The first-order valence-electron chi connectivity index (χ1n) is 26.6. The Bertz CT molecular complexity index is 2350. The molecule has 5 heterocycles. The van der Waals surface area contributed by atoms with Gasteiger partial charge in [-0.3, -0.25) is 14.3 Å². The third-order valence-electron chi connectivity index (χ3n) is 16.4. The third kappa shape index (κ3) is 13.8. The molecule has 0 spiro atoms. The van der Waals surface area contributed by atoms with E-state index in [0.717, 1.165) is 0 Å². The van der Waals surface area contributed by atoms with Gasteiger partial charge in [-0.25, -0.2) is 13.9 Å². The Morgan fingerprint density at radius 2 is 1.66 bits per heavy atom. The molecule has 76 heavy (non-hydrogen) atoms. The second-order valence-corrected chi connectivity index (χ2v) is 22.6. The van der Waals surface area contributed by atoms with Crippen molar-refractivity contribution in [1.82, 2.24) is 34.9 Å². The molecule has 22 nitrogen and oxygen atoms in total. The molecule has 3 fully saturated rings. The molecule has 0 amide bonds. The number of aromatic nitrogens is 5. The smallest absolute Gasteiger partial charge is 0.439 e. The second kappa shape index (κ2) is 25.5. The van der Waals surface area contributed by atoms with Crippen LogP contribution in [0.1, 0.15) is 118 Å². The molecule has 0 saturated carbocycles. The van der Waals surface area contributed by atoms with Gasteiger partial charge >= 0.3 is 11.7 Å². The summed E-state index contributed by atoms with van der Waals surface area (Å²) in [5.74, 6) is -3.36. The Morgan fingerprint density at radius 1 is 0.974 bits per heavy atom. The fourth-order valence-electron chi connectivity index (χ4n) is 11.7. The highest BCUT2D eigenvalue weighted by molar-refractivity contribution is 5.73. The number of aliphatic hydroxyl groups excluding tert-OH is 3. The summed E-state index contributed by atoms with van der Waals surface area (Å²) in [4.78, 5) is 32.4. The predicted octanol–water partition coefficient (Wildman–Crippen LogP) is 3.35. The highest BCUT2D eigenvalue weighted by Crippen LogP contribution is 2.41. The number of aliphatic hydroxyl groups is 5. The number of halogens is 1. The molecule has 0 unspecified atom stereocenters. The van der Waals surface area contributed by atoms with Crippen LogP contribution in [0.2, 0.25) is 0 Å². The van der Waals surface area contributed by atoms with E-state index >= 15 is 0 Å². The molecule has 3 saturated heterocycles. The maximum absolute atomic E-state index is 14.9. The minimum absolute atomic E-state index is 0.0735. The average molecular weight is 1080 g/mol. The van der Waals surface area contributed by atoms with Crippen molar-refractivity contribution in [3.63, 3.8) is 0 Å². The lowest BCUT2D eigenvalue weighted by Crippen LogP contribution is -2.61. The number of methoxy groups -OCH3 is 2. The van der Waals surface area contributed by atoms with Crippen molar-refractivity contribution in [2.75, 3.05) is 48.1 Å². The SMILES string of the molecule is CC[C@H]1OC(=O)[C@H](C)[C@@H](O[C@H]2C[C@@](C)(OC)[C@@H](O)[C@H](C)O2)[C@H](C)[C@@H](O[C@@H]2O[C@H](C)C[C@H](N(C)CCc3cn([C@H](CF)[C@H](OC)c4ccc(-c5noc(=O)[nH]5)cc4)nn3)[C@H]2O)[C@](C)(O)C[C@@H](C)CN(C)[C@H](C)[C@@H](O)[C@]1(C)O. The van der Waals surface area contributed by atoms with Crippen LogP contribution >= 0.6 is 0 Å². The van der Waals surface area contributed by atoms with Gasteiger partial charge in [0.2, 0.25) is 0 Å². The van der Waals surface area contributed by atoms with Gasteiger partial charge in [-0.1, -0.05) is 55.4 Å². The highest BCUT2D eigenvalue weighted by Gasteiger charge is 2.53. The molecule has 1 aromatic carbocycles. The van der Waals surface area contributed by atoms with Crippen LogP contribution in [0.25, 0.3) is 11.4 Å². The van der Waals surface area contributed by atoms with Gasteiger partial charge < -0.3 is 68.5 Å². The largest absolute Gasteiger partial charge is 0.459 e. The second-order valence-electron chi connectivity index (χ2n) is 22.6. The number of alkyl halides is 1. The summed E-state index contributed by atoms with van der Waals surface area (Å²) in [6.07, 6.45) is -8.36. The molecule has 2 aromatic heterocycles. The van der Waals surface area contributed by atoms with E-state index in [9.17, 15) is 39.5 Å². The van der Waals surface area contributed by atoms with E-state index in [1.807, 2.05) is 37.7 Å². The molecule has 3 aliphatic heterocycles. The Kier molecular flexibility index (Phi) is 20.6. The van der Waals surface area contributed by atoms with Gasteiger partial charge in [-0.05, 0) is 93.3 Å². The predicted molar refractivity (Wildman–Crippen MR) is 274 cm³/mol. The number of esters is 1. The first-order valence-corrected chi connectivity index (χ1v) is 26.6. The number of nitrogens with one attached hydrogen (secondary N) is 1. The zero-order chi connectivity index (χ0) is 56.2. The van der Waals surface area contributed by atoms with Gasteiger partial charge in [-0.15, -0.1) is 5.10 Å². The first kappa shape index (κ1) is 61.4. The van der Waals surface area contributed by atoms with Crippen LogP contribution in [0.15, 0.2) is 39.8 Å². The summed E-state index contributed by atoms with van der Waals surface area (Å²) in [5.41, 5.74) is -2.81. The number of H-pyrrole nitrogens is 1. The number of carbonyl (C=O) groups excluding carboxylic acids is 1. The van der Waals surface area contributed by atoms with Crippen LogP contribution in [0.5, 0.6) is 0 Å². The van der Waals surface area contributed by atoms with E-state index in [-0.39, 0.29) is 31.0 Å². The molecular formula is C53H86FN7O15. The Morgan fingerprint density at radius 3 is 2.26 bits per heavy atom. The highest BCUT2D eigenvalue weighted by atomic mass is 19.1. The van der Waals surface area contributed by atoms with Crippen LogP contribution in [-0.4, -0.2) is 205 Å². The van der Waals surface area contributed by atoms with Gasteiger partial charge in [0, 0.05) is 69.9 Å². The monoisotopic (exact) mass is 1080 g/mol. The fourth-order valence-corrected chi connectivity index (χ4v) is 11.7. The number of likely N-dealkylation sites (N-methyl/N-ethyl adjacent to an activating group) is 2. The molecule has 3 aromatic rings. The number of carbonyl (C=O) groups is 1. The normalized spacial score (nSPS) is 38.5. The molecule has 3 aliphatic rings. The van der Waals surface area contributed by atoms with E-state index < -0.39 is 133 Å². The number of benzene rings is 1. The van der Waals surface area contributed by atoms with Crippen molar-refractivity contribution in [2.24, 2.45) is 17.8 Å². The van der Waals surface area contributed by atoms with Crippen LogP contribution in [-0.2, 0) is 44.4 Å². The van der Waals surface area contributed by atoms with E-state index in [1.165, 1.54) is 25.8 Å². The zero-order valence-corrected chi connectivity index (χ0v) is 46.7. The molecule has 0 aliphatic carbocycles. The molecule has 0 bridgehead atoms. The van der Waals surface area contributed by atoms with Crippen molar-refractivity contribution in [3.8, 4) is 11.4 Å². The zero-order valence-electron chi connectivity index (χ0n) is 46.7. The third-order valence-corrected chi connectivity index (χ3v) is 16.4. The maximum atomic E-state index is 14.9. The Labute approximate surface area is 445 Å². The summed E-state index contributed by atoms with van der Waals surface area (Å²) in [7, 11) is 6.65. The lowest BCUT2D eigenvalue weighted by molar-refractivity contribution is -0.318. The number of rotatable bonds is 16. The molecular weight excluding hydrogens is 994 g/mol. The van der Waals surface area contributed by atoms with Crippen molar-refractivity contribution in [1.29, 1.82) is 0 Å². The number of cyclic esters (lactones) is 1. The summed E-state index contributed by atoms with van der Waals surface area (Å²) >= 11 is 0. The van der Waals surface area contributed by atoms with Crippen LogP contribution in [0.4, 0.5) is 4.39 Å². The van der Waals surface area contributed by atoms with Gasteiger partial charge in [-0.2, -0.15) is 0 Å². The average Bonchev–Trinajstić information content (AvgIpc) is 4.04. The number of hydrogen-bond acceptors (Lipinski definition) is 20. The van der Waals surface area contributed by atoms with Gasteiger partial charge in [0.05, 0.1) is 47.2 Å². The van der Waals surface area contributed by atoms with Crippen molar-refractivity contribution in [3.05, 3.63) is 52.3 Å². The minimum Gasteiger partial charge on any atom is -0.459 e. The molecule has 20 atom stereocenters. The maximum Gasteiger partial charge on any atom is 0.439 e. The van der Waals surface area contributed by atoms with E-state index in [4.69, 9.17) is 33.2 Å². The number of aromatic amines is 1. The van der Waals surface area contributed by atoms with Gasteiger partial charge in [0.1, 0.15) is 48.8 Å². The summed E-state index contributed by atoms with van der Waals surface area (Å²) in [6.45, 7) is 17.3. The van der Waals surface area contributed by atoms with E-state index in [1.54, 1.807) is 78.9 Å². The number of nitrogens with zero attached hydrogens (tertiary/aromatic N) is 6. The van der Waals surface area contributed by atoms with Gasteiger partial charge in [0.15, 0.2) is 18.4 Å². The summed E-state index contributed by atoms with van der Waals surface area (Å²) in [5, 5.41) is 72.2. The van der Waals surface area contributed by atoms with Crippen molar-refractivity contribution >= 4 is 5.97 Å². The molecule has 23 heteroatoms. The Hall–Kier alpha value is -3.82. The standard InChI is InChI=1S/C53H86FN7O15/c1-15-39-53(10,68)44(63)32(6)60(12)26-28(2)23-51(8,67)46(30(4)42(31(5)48(65)73-39)74-40-24-52(9,70-14)45(64)33(7)72-40)75-49-41(62)37(22-29(3)71-49)59(11)21-20-36-27-61(58-56-36)38(25-54)43(69-13)34-16-18-35(19-17-34)47-55-50(66)76-57-47/h16-19,27-33,37-46,49,62-64,67-68H,15,20-26H2,1-14H3,(H,55,57,66)/t28-,29-,30+,31-,32-,33+,37+,38-,39-,40+,41-,42+,43-,44-,45+,46-,49+,51-,52-,53-/m1/s1. The van der Waals surface area contributed by atoms with Crippen LogP contribution < -0.4 is 5.76 Å². The lowest BCUT2D eigenvalue weighted by Gasteiger charge is -2.49. The Balaban J connectivity index is 1.25. The number of ether oxygens (including phenoxy) is 7. The molecule has 0 radical (unpaired) electrons. The van der Waals surface area contributed by atoms with Crippen molar-refractivity contribution < 1.29 is 72.4 Å². The fraction of sp³-hybridized carbons (Fsp3) is 0.792. The summed E-state index contributed by atoms with van der Waals surface area (Å²) < 4.78 is 65.0. The van der Waals surface area contributed by atoms with Gasteiger partial charge in [0.25, 0.3) is 0 Å². The van der Waals surface area contributed by atoms with Crippen LogP contribution in [0.3, 0.4) is 0 Å². The quantitative estimate of drug-likeness (QED) is 0.112. The minimum atomic E-state index is -1.86. The van der Waals surface area contributed by atoms with Crippen molar-refractivity contribution in [2.45, 2.75) is 204 Å². The van der Waals surface area contributed by atoms with E-state index in [0.29, 0.717) is 42.8 Å². The molecule has 6 rings (SSSR count). The van der Waals surface area contributed by atoms with E-state index in [2.05, 4.69) is 25.0 Å². The number of hydrogen-bond donors (Lipinski definition) is 6. The van der Waals surface area contributed by atoms with Crippen LogP contribution in [0, 0.1) is 17.8 Å². The summed E-state index contributed by atoms with van der Waals surface area (Å²) in [6, 6.07) is 4.94. The molecule has 6 N–H and O–H groups in total. The lowest BCUT2D eigenvalue weighted by atomic mass is 9.77.